The number of benzene rings is 3. The van der Waals surface area contributed by atoms with Crippen LogP contribution in [-0.2, 0) is 0 Å². The van der Waals surface area contributed by atoms with Crippen LogP contribution in [0.15, 0.2) is 78.9 Å². The van der Waals surface area contributed by atoms with E-state index < -0.39 is 0 Å². The summed E-state index contributed by atoms with van der Waals surface area (Å²) in [5, 5.41) is 0. The van der Waals surface area contributed by atoms with Gasteiger partial charge in [-0.2, -0.15) is 0 Å². The number of aryl methyl sites for hydroxylation is 2. The first-order valence-electron chi connectivity index (χ1n) is 8.82. The van der Waals surface area contributed by atoms with Crippen LogP contribution in [0.1, 0.15) is 53.0 Å². The van der Waals surface area contributed by atoms with Crippen LogP contribution in [0, 0.1) is 13.8 Å². The Morgan fingerprint density at radius 3 is 1.92 bits per heavy atom. The van der Waals surface area contributed by atoms with E-state index in [9.17, 15) is 0 Å². The van der Waals surface area contributed by atoms with Gasteiger partial charge in [0.1, 0.15) is 0 Å². The summed E-state index contributed by atoms with van der Waals surface area (Å²) in [6.07, 6.45) is 1.12. The van der Waals surface area contributed by atoms with Crippen LogP contribution in [0.2, 0.25) is 0 Å². The van der Waals surface area contributed by atoms with Gasteiger partial charge in [0.05, 0.1) is 0 Å². The van der Waals surface area contributed by atoms with Gasteiger partial charge in [-0.05, 0) is 48.4 Å². The Hall–Kier alpha value is -2.34. The molecule has 122 valence electrons. The van der Waals surface area contributed by atoms with Crippen LogP contribution in [0.5, 0.6) is 0 Å². The number of hydrogen-bond donors (Lipinski definition) is 0. The number of rotatable bonds is 5. The van der Waals surface area contributed by atoms with Crippen molar-refractivity contribution in [2.45, 2.75) is 39.0 Å². The molecule has 0 N–H and O–H groups in total. The molecule has 0 aromatic heterocycles. The third kappa shape index (κ3) is 3.76. The molecule has 0 aliphatic carbocycles. The van der Waals surface area contributed by atoms with Gasteiger partial charge in [0.25, 0.3) is 0 Å². The SMILES string of the molecule is Cc1ccc(C)c(C(CC(C)c2ccccc2)c2ccccc2)c1. The molecule has 0 saturated heterocycles. The fourth-order valence-corrected chi connectivity index (χ4v) is 3.53. The zero-order valence-electron chi connectivity index (χ0n) is 14.9. The predicted octanol–water partition coefficient (Wildman–Crippen LogP) is 6.63. The van der Waals surface area contributed by atoms with Gasteiger partial charge in [-0.25, -0.2) is 0 Å². The summed E-state index contributed by atoms with van der Waals surface area (Å²) in [6, 6.07) is 28.6. The second-order valence-electron chi connectivity index (χ2n) is 6.87. The summed E-state index contributed by atoms with van der Waals surface area (Å²) in [5.74, 6) is 0.956. The standard InChI is InChI=1S/C24H26/c1-18-14-15-19(2)23(16-18)24(22-12-8-5-9-13-22)17-20(3)21-10-6-4-7-11-21/h4-16,20,24H,17H2,1-3H3. The predicted molar refractivity (Wildman–Crippen MR) is 104 cm³/mol. The highest BCUT2D eigenvalue weighted by Gasteiger charge is 2.20. The van der Waals surface area contributed by atoms with Crippen LogP contribution in [0.3, 0.4) is 0 Å². The molecule has 0 aliphatic heterocycles. The lowest BCUT2D eigenvalue weighted by molar-refractivity contribution is 0.614. The van der Waals surface area contributed by atoms with Crippen LogP contribution >= 0.6 is 0 Å². The Morgan fingerprint density at radius 2 is 1.29 bits per heavy atom. The molecule has 2 atom stereocenters. The van der Waals surface area contributed by atoms with E-state index in [1.807, 2.05) is 0 Å². The van der Waals surface area contributed by atoms with Crippen molar-refractivity contribution in [1.29, 1.82) is 0 Å². The largest absolute Gasteiger partial charge is 0.0622 e. The Bertz CT molecular complexity index is 772. The van der Waals surface area contributed by atoms with E-state index in [1.54, 1.807) is 0 Å². The quantitative estimate of drug-likeness (QED) is 0.496. The molecule has 0 aliphatic rings. The fourth-order valence-electron chi connectivity index (χ4n) is 3.53. The molecule has 24 heavy (non-hydrogen) atoms. The maximum atomic E-state index is 2.37. The van der Waals surface area contributed by atoms with Crippen LogP contribution < -0.4 is 0 Å². The average Bonchev–Trinajstić information content (AvgIpc) is 2.63. The van der Waals surface area contributed by atoms with Crippen molar-refractivity contribution in [1.82, 2.24) is 0 Å². The van der Waals surface area contributed by atoms with Crippen molar-refractivity contribution in [2.75, 3.05) is 0 Å². The lowest BCUT2D eigenvalue weighted by Gasteiger charge is -2.24. The van der Waals surface area contributed by atoms with Gasteiger partial charge in [0.2, 0.25) is 0 Å². The highest BCUT2D eigenvalue weighted by Crippen LogP contribution is 2.36. The van der Waals surface area contributed by atoms with Gasteiger partial charge < -0.3 is 0 Å². The highest BCUT2D eigenvalue weighted by atomic mass is 14.2. The minimum Gasteiger partial charge on any atom is -0.0622 e. The topological polar surface area (TPSA) is 0 Å². The first kappa shape index (κ1) is 16.5. The molecule has 0 heterocycles. The molecule has 3 rings (SSSR count). The van der Waals surface area contributed by atoms with Crippen molar-refractivity contribution in [3.8, 4) is 0 Å². The van der Waals surface area contributed by atoms with Crippen molar-refractivity contribution in [3.63, 3.8) is 0 Å². The van der Waals surface area contributed by atoms with Crippen molar-refractivity contribution >= 4 is 0 Å². The monoisotopic (exact) mass is 314 g/mol. The molecule has 0 radical (unpaired) electrons. The van der Waals surface area contributed by atoms with E-state index in [4.69, 9.17) is 0 Å². The van der Waals surface area contributed by atoms with E-state index in [0.717, 1.165) is 6.42 Å². The highest BCUT2D eigenvalue weighted by molar-refractivity contribution is 5.40. The summed E-state index contributed by atoms with van der Waals surface area (Å²) >= 11 is 0. The van der Waals surface area contributed by atoms with Crippen LogP contribution in [0.4, 0.5) is 0 Å². The van der Waals surface area contributed by atoms with E-state index >= 15 is 0 Å². The smallest absolute Gasteiger partial charge is 0.00977 e. The van der Waals surface area contributed by atoms with E-state index in [0.29, 0.717) is 11.8 Å². The molecule has 0 amide bonds. The maximum Gasteiger partial charge on any atom is 0.00977 e. The van der Waals surface area contributed by atoms with Crippen molar-refractivity contribution in [3.05, 3.63) is 107 Å². The van der Waals surface area contributed by atoms with E-state index in [2.05, 4.69) is 99.6 Å². The lowest BCUT2D eigenvalue weighted by atomic mass is 9.80. The van der Waals surface area contributed by atoms with Gasteiger partial charge in [0.15, 0.2) is 0 Å². The first-order valence-corrected chi connectivity index (χ1v) is 8.82. The van der Waals surface area contributed by atoms with Gasteiger partial charge in [-0.1, -0.05) is 91.3 Å². The molecular weight excluding hydrogens is 288 g/mol. The number of hydrogen-bond acceptors (Lipinski definition) is 0. The molecule has 0 nitrogen and oxygen atoms in total. The third-order valence-electron chi connectivity index (χ3n) is 4.97. The molecular formula is C24H26. The van der Waals surface area contributed by atoms with Crippen LogP contribution in [-0.4, -0.2) is 0 Å². The Labute approximate surface area is 146 Å². The zero-order valence-corrected chi connectivity index (χ0v) is 14.9. The van der Waals surface area contributed by atoms with Gasteiger partial charge in [0, 0.05) is 5.92 Å². The molecule has 0 saturated carbocycles. The van der Waals surface area contributed by atoms with E-state index in [-0.39, 0.29) is 0 Å². The fraction of sp³-hybridized carbons (Fsp3) is 0.250. The molecule has 3 aromatic rings. The molecule has 0 spiro atoms. The third-order valence-corrected chi connectivity index (χ3v) is 4.97. The maximum absolute atomic E-state index is 2.37. The molecule has 0 heteroatoms. The Morgan fingerprint density at radius 1 is 0.708 bits per heavy atom. The van der Waals surface area contributed by atoms with Gasteiger partial charge in [-0.15, -0.1) is 0 Å². The Balaban J connectivity index is 1.98. The first-order chi connectivity index (χ1) is 11.6. The van der Waals surface area contributed by atoms with Crippen LogP contribution in [0.25, 0.3) is 0 Å². The molecule has 0 bridgehead atoms. The lowest BCUT2D eigenvalue weighted by Crippen LogP contribution is -2.08. The second-order valence-corrected chi connectivity index (χ2v) is 6.87. The summed E-state index contributed by atoms with van der Waals surface area (Å²) in [4.78, 5) is 0. The van der Waals surface area contributed by atoms with Crippen molar-refractivity contribution in [2.24, 2.45) is 0 Å². The molecule has 0 fully saturated rings. The zero-order chi connectivity index (χ0) is 16.9. The average molecular weight is 314 g/mol. The summed E-state index contributed by atoms with van der Waals surface area (Å²) in [7, 11) is 0. The normalized spacial score (nSPS) is 13.5. The van der Waals surface area contributed by atoms with Crippen molar-refractivity contribution < 1.29 is 0 Å². The molecule has 3 aromatic carbocycles. The minimum absolute atomic E-state index is 0.432. The van der Waals surface area contributed by atoms with Gasteiger partial charge >= 0.3 is 0 Å². The summed E-state index contributed by atoms with van der Waals surface area (Å²) in [6.45, 7) is 6.76. The van der Waals surface area contributed by atoms with Gasteiger partial charge in [-0.3, -0.25) is 0 Å². The second kappa shape index (κ2) is 7.49. The summed E-state index contributed by atoms with van der Waals surface area (Å²) < 4.78 is 0. The van der Waals surface area contributed by atoms with E-state index in [1.165, 1.54) is 27.8 Å². The Kier molecular flexibility index (Phi) is 5.15. The molecule has 2 unspecified atom stereocenters. The minimum atomic E-state index is 0.432. The summed E-state index contributed by atoms with van der Waals surface area (Å²) in [5.41, 5.74) is 7.01.